The molecular weight excluding hydrogens is 238 g/mol. The molecule has 0 saturated heterocycles. The van der Waals surface area contributed by atoms with Crippen LogP contribution in [0.4, 0.5) is 5.69 Å². The fourth-order valence-electron chi connectivity index (χ4n) is 2.13. The van der Waals surface area contributed by atoms with Crippen molar-refractivity contribution in [2.75, 3.05) is 19.3 Å². The molecule has 0 aromatic heterocycles. The Morgan fingerprint density at radius 1 is 1.47 bits per heavy atom. The second-order valence-electron chi connectivity index (χ2n) is 5.17. The molecule has 4 nitrogen and oxygen atoms in total. The average Bonchev–Trinajstić information content (AvgIpc) is 2.28. The van der Waals surface area contributed by atoms with Crippen LogP contribution in [0.15, 0.2) is 24.3 Å². The van der Waals surface area contributed by atoms with Crippen LogP contribution < -0.4 is 11.1 Å². The first-order valence-electron chi connectivity index (χ1n) is 6.83. The predicted molar refractivity (Wildman–Crippen MR) is 79.7 cm³/mol. The first-order chi connectivity index (χ1) is 9.01. The van der Waals surface area contributed by atoms with Crippen LogP contribution in [0.1, 0.15) is 32.3 Å². The number of hydrogen-bond acceptors (Lipinski definition) is 3. The van der Waals surface area contributed by atoms with E-state index in [-0.39, 0.29) is 11.9 Å². The molecule has 19 heavy (non-hydrogen) atoms. The number of nitrogen functional groups attached to an aromatic ring is 1. The lowest BCUT2D eigenvalue weighted by atomic mass is 10.2. The van der Waals surface area contributed by atoms with Crippen molar-refractivity contribution in [2.24, 2.45) is 0 Å². The van der Waals surface area contributed by atoms with E-state index in [0.717, 1.165) is 30.6 Å². The Bertz CT molecular complexity index is 406. The highest BCUT2D eigenvalue weighted by molar-refractivity contribution is 5.78. The van der Waals surface area contributed by atoms with Gasteiger partial charge in [-0.1, -0.05) is 25.5 Å². The highest BCUT2D eigenvalue weighted by atomic mass is 16.2. The van der Waals surface area contributed by atoms with Gasteiger partial charge in [-0.15, -0.1) is 0 Å². The molecule has 0 aliphatic heterocycles. The van der Waals surface area contributed by atoms with Crippen LogP contribution in [-0.2, 0) is 11.3 Å². The van der Waals surface area contributed by atoms with Crippen LogP contribution >= 0.6 is 0 Å². The standard InChI is InChI=1S/C15H25N3O/c1-4-6-12(2)17-15(19)11-18(3)10-13-7-5-8-14(16)9-13/h5,7-9,12H,4,6,10-11,16H2,1-3H3,(H,17,19). The highest BCUT2D eigenvalue weighted by Gasteiger charge is 2.09. The molecule has 0 saturated carbocycles. The number of hydrogen-bond donors (Lipinski definition) is 2. The Balaban J connectivity index is 2.38. The number of amides is 1. The Morgan fingerprint density at radius 2 is 2.21 bits per heavy atom. The summed E-state index contributed by atoms with van der Waals surface area (Å²) in [6.07, 6.45) is 2.10. The summed E-state index contributed by atoms with van der Waals surface area (Å²) in [6, 6.07) is 8.00. The number of carbonyl (C=O) groups is 1. The maximum absolute atomic E-state index is 11.8. The lowest BCUT2D eigenvalue weighted by molar-refractivity contribution is -0.122. The monoisotopic (exact) mass is 263 g/mol. The summed E-state index contributed by atoms with van der Waals surface area (Å²) in [5, 5.41) is 3.00. The molecule has 1 atom stereocenters. The van der Waals surface area contributed by atoms with Crippen molar-refractivity contribution >= 4 is 11.6 Å². The summed E-state index contributed by atoms with van der Waals surface area (Å²) >= 11 is 0. The lowest BCUT2D eigenvalue weighted by Gasteiger charge is -2.19. The summed E-state index contributed by atoms with van der Waals surface area (Å²) in [6.45, 7) is 5.29. The minimum Gasteiger partial charge on any atom is -0.399 e. The van der Waals surface area contributed by atoms with Crippen molar-refractivity contribution in [2.45, 2.75) is 39.3 Å². The van der Waals surface area contributed by atoms with Crippen molar-refractivity contribution in [1.82, 2.24) is 10.2 Å². The third-order valence-corrected chi connectivity index (χ3v) is 2.95. The number of anilines is 1. The number of carbonyl (C=O) groups excluding carboxylic acids is 1. The third kappa shape index (κ3) is 6.25. The highest BCUT2D eigenvalue weighted by Crippen LogP contribution is 2.08. The van der Waals surface area contributed by atoms with Crippen molar-refractivity contribution < 1.29 is 4.79 Å². The Morgan fingerprint density at radius 3 is 2.84 bits per heavy atom. The fourth-order valence-corrected chi connectivity index (χ4v) is 2.13. The summed E-state index contributed by atoms with van der Waals surface area (Å²) in [7, 11) is 1.94. The Kier molecular flexibility index (Phi) is 6.36. The van der Waals surface area contributed by atoms with Crippen molar-refractivity contribution in [3.63, 3.8) is 0 Å². The van der Waals surface area contributed by atoms with Crippen LogP contribution in [0.5, 0.6) is 0 Å². The first-order valence-corrected chi connectivity index (χ1v) is 6.83. The van der Waals surface area contributed by atoms with Crippen LogP contribution in [0, 0.1) is 0 Å². The van der Waals surface area contributed by atoms with E-state index in [1.165, 1.54) is 0 Å². The number of nitrogens with two attached hydrogens (primary N) is 1. The van der Waals surface area contributed by atoms with E-state index in [4.69, 9.17) is 5.73 Å². The van der Waals surface area contributed by atoms with Gasteiger partial charge in [0.25, 0.3) is 0 Å². The van der Waals surface area contributed by atoms with Crippen molar-refractivity contribution in [1.29, 1.82) is 0 Å². The van der Waals surface area contributed by atoms with E-state index in [2.05, 4.69) is 12.2 Å². The van der Waals surface area contributed by atoms with Gasteiger partial charge in [0.1, 0.15) is 0 Å². The van der Waals surface area contributed by atoms with Gasteiger partial charge in [-0.25, -0.2) is 0 Å². The van der Waals surface area contributed by atoms with E-state index in [9.17, 15) is 4.79 Å². The van der Waals surface area contributed by atoms with Gasteiger partial charge in [0.05, 0.1) is 6.54 Å². The average molecular weight is 263 g/mol. The zero-order valence-electron chi connectivity index (χ0n) is 12.1. The molecule has 1 aromatic carbocycles. The molecule has 0 radical (unpaired) electrons. The number of nitrogens with zero attached hydrogens (tertiary/aromatic N) is 1. The second-order valence-corrected chi connectivity index (χ2v) is 5.17. The van der Waals surface area contributed by atoms with Crippen LogP contribution in [0.2, 0.25) is 0 Å². The van der Waals surface area contributed by atoms with Crippen LogP contribution in [0.3, 0.4) is 0 Å². The first kappa shape index (κ1) is 15.5. The molecule has 0 aliphatic carbocycles. The maximum Gasteiger partial charge on any atom is 0.234 e. The molecule has 1 aromatic rings. The van der Waals surface area contributed by atoms with E-state index in [1.807, 2.05) is 43.1 Å². The van der Waals surface area contributed by atoms with Gasteiger partial charge >= 0.3 is 0 Å². The quantitative estimate of drug-likeness (QED) is 0.740. The summed E-state index contributed by atoms with van der Waals surface area (Å²) < 4.78 is 0. The summed E-state index contributed by atoms with van der Waals surface area (Å²) in [5.74, 6) is 0.0763. The maximum atomic E-state index is 11.8. The fraction of sp³-hybridized carbons (Fsp3) is 0.533. The zero-order valence-corrected chi connectivity index (χ0v) is 12.1. The van der Waals surface area contributed by atoms with Gasteiger partial charge < -0.3 is 11.1 Å². The molecule has 0 heterocycles. The molecule has 106 valence electrons. The SMILES string of the molecule is CCCC(C)NC(=O)CN(C)Cc1cccc(N)c1. The number of rotatable bonds is 7. The summed E-state index contributed by atoms with van der Waals surface area (Å²) in [5.41, 5.74) is 7.62. The largest absolute Gasteiger partial charge is 0.399 e. The predicted octanol–water partition coefficient (Wildman–Crippen LogP) is 2.01. The Labute approximate surface area is 116 Å². The van der Waals surface area contributed by atoms with Gasteiger partial charge in [0.2, 0.25) is 5.91 Å². The van der Waals surface area contributed by atoms with E-state index in [1.54, 1.807) is 0 Å². The second kappa shape index (κ2) is 7.79. The molecule has 0 fully saturated rings. The minimum atomic E-state index is 0.0763. The van der Waals surface area contributed by atoms with Crippen molar-refractivity contribution in [3.05, 3.63) is 29.8 Å². The van der Waals surface area contributed by atoms with Crippen LogP contribution in [0.25, 0.3) is 0 Å². The molecular formula is C15H25N3O. The summed E-state index contributed by atoms with van der Waals surface area (Å²) in [4.78, 5) is 13.8. The minimum absolute atomic E-state index is 0.0763. The van der Waals surface area contributed by atoms with Gasteiger partial charge in [-0.2, -0.15) is 0 Å². The molecule has 4 heteroatoms. The molecule has 3 N–H and O–H groups in total. The molecule has 0 bridgehead atoms. The lowest BCUT2D eigenvalue weighted by Crippen LogP contribution is -2.39. The van der Waals surface area contributed by atoms with Crippen LogP contribution in [-0.4, -0.2) is 30.4 Å². The van der Waals surface area contributed by atoms with Gasteiger partial charge in [0.15, 0.2) is 0 Å². The molecule has 1 amide bonds. The normalized spacial score (nSPS) is 12.4. The smallest absolute Gasteiger partial charge is 0.234 e. The molecule has 0 spiro atoms. The molecule has 1 rings (SSSR count). The van der Waals surface area contributed by atoms with E-state index >= 15 is 0 Å². The number of likely N-dealkylation sites (N-methyl/N-ethyl adjacent to an activating group) is 1. The van der Waals surface area contributed by atoms with Gasteiger partial charge in [-0.3, -0.25) is 9.69 Å². The zero-order chi connectivity index (χ0) is 14.3. The Hall–Kier alpha value is -1.55. The van der Waals surface area contributed by atoms with Gasteiger partial charge in [-0.05, 0) is 38.1 Å². The molecule has 0 aliphatic rings. The number of benzene rings is 1. The molecule has 1 unspecified atom stereocenters. The topological polar surface area (TPSA) is 58.4 Å². The number of nitrogens with one attached hydrogen (secondary N) is 1. The third-order valence-electron chi connectivity index (χ3n) is 2.95. The van der Waals surface area contributed by atoms with Crippen molar-refractivity contribution in [3.8, 4) is 0 Å². The van der Waals surface area contributed by atoms with E-state index < -0.39 is 0 Å². The van der Waals surface area contributed by atoms with Gasteiger partial charge in [0, 0.05) is 18.3 Å². The van der Waals surface area contributed by atoms with E-state index in [0.29, 0.717) is 6.54 Å².